The summed E-state index contributed by atoms with van der Waals surface area (Å²) in [6.45, 7) is 1.46. The van der Waals surface area contributed by atoms with E-state index in [4.69, 9.17) is 0 Å². The highest BCUT2D eigenvalue weighted by Gasteiger charge is 2.31. The van der Waals surface area contributed by atoms with Crippen LogP contribution in [0.4, 0.5) is 10.1 Å². The molecule has 2 aliphatic rings. The average Bonchev–Trinajstić information content (AvgIpc) is 3.21. The maximum absolute atomic E-state index is 12.9. The summed E-state index contributed by atoms with van der Waals surface area (Å²) in [5.74, 6) is 0.403. The van der Waals surface area contributed by atoms with Gasteiger partial charge in [0.1, 0.15) is 5.82 Å². The van der Waals surface area contributed by atoms with Crippen LogP contribution in [-0.2, 0) is 9.59 Å². The van der Waals surface area contributed by atoms with Crippen molar-refractivity contribution in [2.45, 2.75) is 44.6 Å². The lowest BCUT2D eigenvalue weighted by Gasteiger charge is -2.26. The minimum atomic E-state index is -0.349. The molecule has 7 nitrogen and oxygen atoms in total. The zero-order chi connectivity index (χ0) is 20.6. The lowest BCUT2D eigenvalue weighted by molar-refractivity contribution is -0.135. The van der Waals surface area contributed by atoms with Gasteiger partial charge in [0.25, 0.3) is 0 Å². The molecule has 2 amide bonds. The number of likely N-dealkylation sites (tertiary alicyclic amines) is 1. The molecule has 1 unspecified atom stereocenters. The fourth-order valence-corrected chi connectivity index (χ4v) is 3.98. The van der Waals surface area contributed by atoms with Crippen LogP contribution in [0.1, 0.15) is 38.5 Å². The molecule has 158 valence electrons. The number of rotatable bonds is 5. The Morgan fingerprint density at radius 3 is 2.55 bits per heavy atom. The molecule has 1 aromatic carbocycles. The van der Waals surface area contributed by atoms with Crippen molar-refractivity contribution in [2.24, 2.45) is 10.9 Å². The van der Waals surface area contributed by atoms with Crippen LogP contribution in [0.3, 0.4) is 0 Å². The Morgan fingerprint density at radius 2 is 1.86 bits per heavy atom. The number of benzene rings is 1. The Bertz CT molecular complexity index is 731. The van der Waals surface area contributed by atoms with Crippen molar-refractivity contribution >= 4 is 23.5 Å². The molecule has 1 saturated carbocycles. The number of nitrogens with zero attached hydrogens (tertiary/aromatic N) is 2. The summed E-state index contributed by atoms with van der Waals surface area (Å²) in [5, 5.41) is 8.98. The molecule has 0 aromatic heterocycles. The summed E-state index contributed by atoms with van der Waals surface area (Å²) >= 11 is 0. The van der Waals surface area contributed by atoms with Crippen molar-refractivity contribution in [3.8, 4) is 0 Å². The molecule has 1 aliphatic carbocycles. The number of amides is 2. The second-order valence-electron chi connectivity index (χ2n) is 7.73. The number of aliphatic imine (C=N–C) groups is 1. The average molecular weight is 404 g/mol. The summed E-state index contributed by atoms with van der Waals surface area (Å²) in [7, 11) is 1.65. The van der Waals surface area contributed by atoms with E-state index in [1.807, 2.05) is 4.90 Å². The number of hydrogen-bond acceptors (Lipinski definition) is 3. The van der Waals surface area contributed by atoms with Crippen LogP contribution in [0.15, 0.2) is 29.3 Å². The van der Waals surface area contributed by atoms with E-state index in [1.54, 1.807) is 7.05 Å². The Labute approximate surface area is 171 Å². The first-order valence-electron chi connectivity index (χ1n) is 10.4. The standard InChI is InChI=1S/C21H30FN5O2/c1-23-21(24-13-19(28)25-17-9-7-16(22)8-10-17)26-18-11-12-27(14-18)20(29)15-5-3-2-4-6-15/h7-10,15,18H,2-6,11-14H2,1H3,(H,25,28)(H2,23,24,26). The first kappa shape index (κ1) is 21.1. The van der Waals surface area contributed by atoms with Gasteiger partial charge in [0.15, 0.2) is 5.96 Å². The minimum Gasteiger partial charge on any atom is -0.352 e. The predicted octanol–water partition coefficient (Wildman–Crippen LogP) is 2.11. The van der Waals surface area contributed by atoms with E-state index < -0.39 is 0 Å². The summed E-state index contributed by atoms with van der Waals surface area (Å²) < 4.78 is 12.9. The molecule has 0 bridgehead atoms. The summed E-state index contributed by atoms with van der Waals surface area (Å²) in [4.78, 5) is 30.9. The number of carbonyl (C=O) groups excluding carboxylic acids is 2. The van der Waals surface area contributed by atoms with Gasteiger partial charge in [0, 0.05) is 37.8 Å². The number of halogens is 1. The minimum absolute atomic E-state index is 0.0362. The van der Waals surface area contributed by atoms with Crippen molar-refractivity contribution < 1.29 is 14.0 Å². The van der Waals surface area contributed by atoms with Gasteiger partial charge in [-0.15, -0.1) is 0 Å². The van der Waals surface area contributed by atoms with E-state index in [-0.39, 0.29) is 36.1 Å². The molecule has 1 aliphatic heterocycles. The van der Waals surface area contributed by atoms with Gasteiger partial charge in [-0.25, -0.2) is 4.39 Å². The van der Waals surface area contributed by atoms with Crippen LogP contribution in [0.5, 0.6) is 0 Å². The summed E-state index contributed by atoms with van der Waals surface area (Å²) in [6, 6.07) is 5.73. The summed E-state index contributed by atoms with van der Waals surface area (Å²) in [6.07, 6.45) is 6.44. The first-order valence-corrected chi connectivity index (χ1v) is 10.4. The van der Waals surface area contributed by atoms with Gasteiger partial charge in [0.2, 0.25) is 11.8 Å². The Hall–Kier alpha value is -2.64. The predicted molar refractivity (Wildman–Crippen MR) is 111 cm³/mol. The molecule has 1 aromatic rings. The van der Waals surface area contributed by atoms with E-state index in [9.17, 15) is 14.0 Å². The van der Waals surface area contributed by atoms with Gasteiger partial charge < -0.3 is 20.9 Å². The van der Waals surface area contributed by atoms with Crippen LogP contribution in [-0.4, -0.2) is 55.4 Å². The molecule has 3 N–H and O–H groups in total. The molecule has 2 fully saturated rings. The second kappa shape index (κ2) is 10.2. The van der Waals surface area contributed by atoms with E-state index in [1.165, 1.54) is 30.7 Å². The monoisotopic (exact) mass is 403 g/mol. The quantitative estimate of drug-likeness (QED) is 0.519. The Kier molecular flexibility index (Phi) is 7.43. The topological polar surface area (TPSA) is 85.8 Å². The lowest BCUT2D eigenvalue weighted by atomic mass is 9.88. The van der Waals surface area contributed by atoms with Gasteiger partial charge in [-0.3, -0.25) is 14.6 Å². The number of nitrogens with one attached hydrogen (secondary N) is 3. The lowest BCUT2D eigenvalue weighted by Crippen LogP contribution is -2.47. The molecule has 1 saturated heterocycles. The van der Waals surface area contributed by atoms with E-state index in [2.05, 4.69) is 20.9 Å². The van der Waals surface area contributed by atoms with Crippen molar-refractivity contribution in [1.82, 2.24) is 15.5 Å². The number of carbonyl (C=O) groups is 2. The largest absolute Gasteiger partial charge is 0.352 e. The molecule has 3 rings (SSSR count). The highest BCUT2D eigenvalue weighted by Crippen LogP contribution is 2.26. The Balaban J connectivity index is 1.41. The number of guanidine groups is 1. The number of anilines is 1. The second-order valence-corrected chi connectivity index (χ2v) is 7.73. The van der Waals surface area contributed by atoms with Gasteiger partial charge in [-0.2, -0.15) is 0 Å². The van der Waals surface area contributed by atoms with E-state index in [0.717, 1.165) is 38.6 Å². The molecule has 8 heteroatoms. The van der Waals surface area contributed by atoms with Crippen molar-refractivity contribution in [3.63, 3.8) is 0 Å². The van der Waals surface area contributed by atoms with Crippen LogP contribution >= 0.6 is 0 Å². The highest BCUT2D eigenvalue weighted by atomic mass is 19.1. The van der Waals surface area contributed by atoms with E-state index in [0.29, 0.717) is 18.2 Å². The third-order valence-electron chi connectivity index (χ3n) is 5.56. The smallest absolute Gasteiger partial charge is 0.243 e. The fourth-order valence-electron chi connectivity index (χ4n) is 3.98. The van der Waals surface area contributed by atoms with Gasteiger partial charge >= 0.3 is 0 Å². The van der Waals surface area contributed by atoms with Crippen LogP contribution in [0, 0.1) is 11.7 Å². The third kappa shape index (κ3) is 6.17. The molecular weight excluding hydrogens is 373 g/mol. The van der Waals surface area contributed by atoms with Gasteiger partial charge in [-0.1, -0.05) is 19.3 Å². The highest BCUT2D eigenvalue weighted by molar-refractivity contribution is 5.95. The first-order chi connectivity index (χ1) is 14.0. The molecule has 1 atom stereocenters. The van der Waals surface area contributed by atoms with Crippen molar-refractivity contribution in [1.29, 1.82) is 0 Å². The van der Waals surface area contributed by atoms with Crippen LogP contribution in [0.25, 0.3) is 0 Å². The van der Waals surface area contributed by atoms with Crippen molar-refractivity contribution in [2.75, 3.05) is 32.0 Å². The molecule has 29 heavy (non-hydrogen) atoms. The van der Waals surface area contributed by atoms with Crippen LogP contribution < -0.4 is 16.0 Å². The zero-order valence-electron chi connectivity index (χ0n) is 16.9. The van der Waals surface area contributed by atoms with Gasteiger partial charge in [0.05, 0.1) is 6.54 Å². The third-order valence-corrected chi connectivity index (χ3v) is 5.56. The number of hydrogen-bond donors (Lipinski definition) is 3. The molecule has 0 radical (unpaired) electrons. The molecule has 1 heterocycles. The van der Waals surface area contributed by atoms with Gasteiger partial charge in [-0.05, 0) is 43.5 Å². The SMILES string of the molecule is CN=C(NCC(=O)Nc1ccc(F)cc1)NC1CCN(C(=O)C2CCCCC2)C1. The maximum atomic E-state index is 12.9. The Morgan fingerprint density at radius 1 is 1.14 bits per heavy atom. The summed E-state index contributed by atoms with van der Waals surface area (Å²) in [5.41, 5.74) is 0.536. The van der Waals surface area contributed by atoms with E-state index >= 15 is 0 Å². The molecular formula is C21H30FN5O2. The van der Waals surface area contributed by atoms with Crippen LogP contribution in [0.2, 0.25) is 0 Å². The normalized spacial score (nSPS) is 20.4. The fraction of sp³-hybridized carbons (Fsp3) is 0.571. The molecule has 0 spiro atoms. The zero-order valence-corrected chi connectivity index (χ0v) is 16.9. The maximum Gasteiger partial charge on any atom is 0.243 e. The van der Waals surface area contributed by atoms with Crippen molar-refractivity contribution in [3.05, 3.63) is 30.1 Å².